The SMILES string of the molecule is Brc1ccc(CC(Br)CC2CC3CCC2C3)cc1. The van der Waals surface area contributed by atoms with Crippen LogP contribution in [-0.4, -0.2) is 4.83 Å². The lowest BCUT2D eigenvalue weighted by atomic mass is 9.85. The van der Waals surface area contributed by atoms with Gasteiger partial charge in [0.25, 0.3) is 0 Å². The smallest absolute Gasteiger partial charge is 0.0188 e. The maximum absolute atomic E-state index is 3.90. The molecule has 2 fully saturated rings. The third-order valence-electron chi connectivity index (χ3n) is 4.81. The largest absolute Gasteiger partial charge is 0.0887 e. The highest BCUT2D eigenvalue weighted by Gasteiger charge is 2.39. The normalized spacial score (nSPS) is 31.8. The number of rotatable bonds is 4. The van der Waals surface area contributed by atoms with Gasteiger partial charge in [0.2, 0.25) is 0 Å². The number of fused-ring (bicyclic) bond motifs is 2. The summed E-state index contributed by atoms with van der Waals surface area (Å²) in [5, 5.41) is 0. The minimum Gasteiger partial charge on any atom is -0.0887 e. The molecule has 0 aromatic heterocycles. The Labute approximate surface area is 127 Å². The molecular formula is C16H20Br2. The molecule has 0 amide bonds. The van der Waals surface area contributed by atoms with Crippen LogP contribution in [0.3, 0.4) is 0 Å². The van der Waals surface area contributed by atoms with Crippen LogP contribution in [0.25, 0.3) is 0 Å². The van der Waals surface area contributed by atoms with Gasteiger partial charge in [-0.15, -0.1) is 0 Å². The Morgan fingerprint density at radius 1 is 1.11 bits per heavy atom. The van der Waals surface area contributed by atoms with Gasteiger partial charge < -0.3 is 0 Å². The van der Waals surface area contributed by atoms with Gasteiger partial charge in [-0.1, -0.05) is 50.4 Å². The third kappa shape index (κ3) is 3.01. The average molecular weight is 372 g/mol. The molecule has 1 aromatic rings. The van der Waals surface area contributed by atoms with Crippen molar-refractivity contribution < 1.29 is 0 Å². The highest BCUT2D eigenvalue weighted by atomic mass is 79.9. The first kappa shape index (κ1) is 13.2. The quantitative estimate of drug-likeness (QED) is 0.606. The summed E-state index contributed by atoms with van der Waals surface area (Å²) in [5.41, 5.74) is 1.45. The fourth-order valence-electron chi connectivity index (χ4n) is 3.95. The van der Waals surface area contributed by atoms with E-state index < -0.39 is 0 Å². The Morgan fingerprint density at radius 2 is 1.89 bits per heavy atom. The lowest BCUT2D eigenvalue weighted by Gasteiger charge is -2.24. The Balaban J connectivity index is 1.52. The summed E-state index contributed by atoms with van der Waals surface area (Å²) in [6.07, 6.45) is 8.60. The fraction of sp³-hybridized carbons (Fsp3) is 0.625. The summed E-state index contributed by atoms with van der Waals surface area (Å²) in [5.74, 6) is 3.14. The molecule has 2 saturated carbocycles. The van der Waals surface area contributed by atoms with Crippen molar-refractivity contribution in [1.29, 1.82) is 0 Å². The molecule has 4 atom stereocenters. The Kier molecular flexibility index (Phi) is 4.15. The van der Waals surface area contributed by atoms with Crippen LogP contribution < -0.4 is 0 Å². The van der Waals surface area contributed by atoms with E-state index in [-0.39, 0.29) is 0 Å². The first-order valence-corrected chi connectivity index (χ1v) is 8.80. The van der Waals surface area contributed by atoms with Gasteiger partial charge in [-0.25, -0.2) is 0 Å². The monoisotopic (exact) mass is 370 g/mol. The van der Waals surface area contributed by atoms with E-state index in [4.69, 9.17) is 0 Å². The molecule has 0 saturated heterocycles. The number of halogens is 2. The zero-order valence-electron chi connectivity index (χ0n) is 10.6. The molecule has 2 bridgehead atoms. The van der Waals surface area contributed by atoms with Gasteiger partial charge in [0.1, 0.15) is 0 Å². The Morgan fingerprint density at radius 3 is 2.50 bits per heavy atom. The van der Waals surface area contributed by atoms with Crippen molar-refractivity contribution in [1.82, 2.24) is 0 Å². The van der Waals surface area contributed by atoms with Gasteiger partial charge in [0.05, 0.1) is 0 Å². The molecule has 0 radical (unpaired) electrons. The van der Waals surface area contributed by atoms with Crippen LogP contribution in [0.5, 0.6) is 0 Å². The molecular weight excluding hydrogens is 352 g/mol. The van der Waals surface area contributed by atoms with Crippen LogP contribution in [-0.2, 0) is 6.42 Å². The predicted molar refractivity (Wildman–Crippen MR) is 84.1 cm³/mol. The molecule has 0 heterocycles. The molecule has 18 heavy (non-hydrogen) atoms. The van der Waals surface area contributed by atoms with Gasteiger partial charge in [0.15, 0.2) is 0 Å². The molecule has 3 rings (SSSR count). The van der Waals surface area contributed by atoms with Gasteiger partial charge >= 0.3 is 0 Å². The molecule has 2 aliphatic rings. The minimum atomic E-state index is 0.656. The Bertz CT molecular complexity index is 398. The lowest BCUT2D eigenvalue weighted by Crippen LogP contribution is -2.16. The maximum Gasteiger partial charge on any atom is 0.0188 e. The van der Waals surface area contributed by atoms with Crippen LogP contribution in [0.15, 0.2) is 28.7 Å². The molecule has 4 unspecified atom stereocenters. The summed E-state index contributed by atoms with van der Waals surface area (Å²) in [7, 11) is 0. The number of alkyl halides is 1. The van der Waals surface area contributed by atoms with E-state index >= 15 is 0 Å². The van der Waals surface area contributed by atoms with Crippen molar-refractivity contribution in [3.05, 3.63) is 34.3 Å². The van der Waals surface area contributed by atoms with Gasteiger partial charge in [0, 0.05) is 9.30 Å². The maximum atomic E-state index is 3.90. The zero-order chi connectivity index (χ0) is 12.5. The highest BCUT2D eigenvalue weighted by Crippen LogP contribution is 2.50. The Hall–Kier alpha value is 0.180. The van der Waals surface area contributed by atoms with E-state index in [9.17, 15) is 0 Å². The molecule has 0 aliphatic heterocycles. The first-order chi connectivity index (χ1) is 8.70. The van der Waals surface area contributed by atoms with Crippen molar-refractivity contribution in [2.75, 3.05) is 0 Å². The fourth-order valence-corrected chi connectivity index (χ4v) is 5.07. The second kappa shape index (κ2) is 5.66. The highest BCUT2D eigenvalue weighted by molar-refractivity contribution is 9.10. The lowest BCUT2D eigenvalue weighted by molar-refractivity contribution is 0.313. The van der Waals surface area contributed by atoms with Crippen LogP contribution in [0.1, 0.15) is 37.7 Å². The van der Waals surface area contributed by atoms with Gasteiger partial charge in [-0.2, -0.15) is 0 Å². The summed E-state index contributed by atoms with van der Waals surface area (Å²) in [6.45, 7) is 0. The predicted octanol–water partition coefficient (Wildman–Crippen LogP) is 5.58. The van der Waals surface area contributed by atoms with Crippen LogP contribution in [0, 0.1) is 17.8 Å². The molecule has 98 valence electrons. The van der Waals surface area contributed by atoms with Crippen LogP contribution in [0.2, 0.25) is 0 Å². The summed E-state index contributed by atoms with van der Waals surface area (Å²) < 4.78 is 1.17. The van der Waals surface area contributed by atoms with Crippen LogP contribution in [0.4, 0.5) is 0 Å². The zero-order valence-corrected chi connectivity index (χ0v) is 13.8. The summed E-state index contributed by atoms with van der Waals surface area (Å²) in [6, 6.07) is 8.76. The van der Waals surface area contributed by atoms with Gasteiger partial charge in [-0.3, -0.25) is 0 Å². The van der Waals surface area contributed by atoms with E-state index in [1.807, 2.05) is 0 Å². The second-order valence-electron chi connectivity index (χ2n) is 6.10. The third-order valence-corrected chi connectivity index (χ3v) is 6.04. The van der Waals surface area contributed by atoms with Crippen LogP contribution >= 0.6 is 31.9 Å². The number of hydrogen-bond donors (Lipinski definition) is 0. The molecule has 1 aromatic carbocycles. The van der Waals surface area contributed by atoms with Gasteiger partial charge in [-0.05, 0) is 67.6 Å². The summed E-state index contributed by atoms with van der Waals surface area (Å²) >= 11 is 7.40. The van der Waals surface area contributed by atoms with E-state index in [0.29, 0.717) is 4.83 Å². The molecule has 0 N–H and O–H groups in total. The first-order valence-electron chi connectivity index (χ1n) is 7.09. The van der Waals surface area contributed by atoms with Crippen molar-refractivity contribution >= 4 is 31.9 Å². The topological polar surface area (TPSA) is 0 Å². The van der Waals surface area contributed by atoms with Crippen molar-refractivity contribution in [3.8, 4) is 0 Å². The summed E-state index contributed by atoms with van der Waals surface area (Å²) in [4.78, 5) is 0.656. The van der Waals surface area contributed by atoms with Crippen molar-refractivity contribution in [3.63, 3.8) is 0 Å². The van der Waals surface area contributed by atoms with E-state index in [1.165, 1.54) is 48.6 Å². The molecule has 2 aliphatic carbocycles. The number of benzene rings is 1. The molecule has 2 heteroatoms. The standard InChI is InChI=1S/C16H20Br2/c17-15-5-2-11(3-6-15)9-16(18)10-14-8-12-1-4-13(14)7-12/h2-3,5-6,12-14,16H,1,4,7-10H2. The van der Waals surface area contributed by atoms with E-state index in [1.54, 1.807) is 0 Å². The number of hydrogen-bond acceptors (Lipinski definition) is 0. The van der Waals surface area contributed by atoms with E-state index in [0.717, 1.165) is 17.8 Å². The average Bonchev–Trinajstić information content (AvgIpc) is 2.94. The molecule has 0 nitrogen and oxygen atoms in total. The van der Waals surface area contributed by atoms with Crippen molar-refractivity contribution in [2.45, 2.75) is 43.4 Å². The molecule has 0 spiro atoms. The van der Waals surface area contributed by atoms with Crippen molar-refractivity contribution in [2.24, 2.45) is 17.8 Å². The van der Waals surface area contributed by atoms with E-state index in [2.05, 4.69) is 56.1 Å². The minimum absolute atomic E-state index is 0.656. The second-order valence-corrected chi connectivity index (χ2v) is 8.31.